The minimum atomic E-state index is 0.519. The molecule has 1 heteroatoms. The molecule has 0 N–H and O–H groups in total. The van der Waals surface area contributed by atoms with Crippen molar-refractivity contribution in [2.24, 2.45) is 5.92 Å². The lowest BCUT2D eigenvalue weighted by molar-refractivity contribution is 0.544. The summed E-state index contributed by atoms with van der Waals surface area (Å²) in [5.41, 5.74) is 2.85. The van der Waals surface area contributed by atoms with Crippen molar-refractivity contribution in [2.75, 3.05) is 0 Å². The SMILES string of the molecule is Cc1ccc(C(Br)C2CCCC2)c2ccccc12. The van der Waals surface area contributed by atoms with E-state index in [9.17, 15) is 0 Å². The van der Waals surface area contributed by atoms with Crippen molar-refractivity contribution >= 4 is 26.7 Å². The van der Waals surface area contributed by atoms with Crippen molar-refractivity contribution in [2.45, 2.75) is 37.4 Å². The van der Waals surface area contributed by atoms with Gasteiger partial charge in [0.1, 0.15) is 0 Å². The first-order valence-electron chi connectivity index (χ1n) is 6.89. The highest BCUT2D eigenvalue weighted by Gasteiger charge is 2.25. The van der Waals surface area contributed by atoms with Crippen LogP contribution in [0.1, 0.15) is 41.6 Å². The van der Waals surface area contributed by atoms with Gasteiger partial charge in [0.15, 0.2) is 0 Å². The Labute approximate surface area is 118 Å². The Morgan fingerprint density at radius 1 is 1.00 bits per heavy atom. The number of hydrogen-bond donors (Lipinski definition) is 0. The summed E-state index contributed by atoms with van der Waals surface area (Å²) in [6, 6.07) is 13.4. The van der Waals surface area contributed by atoms with E-state index in [1.807, 2.05) is 0 Å². The molecule has 0 spiro atoms. The first-order chi connectivity index (χ1) is 8.77. The number of rotatable bonds is 2. The van der Waals surface area contributed by atoms with Crippen LogP contribution in [0.2, 0.25) is 0 Å². The van der Waals surface area contributed by atoms with Gasteiger partial charge in [0.2, 0.25) is 0 Å². The van der Waals surface area contributed by atoms with Gasteiger partial charge in [-0.15, -0.1) is 0 Å². The summed E-state index contributed by atoms with van der Waals surface area (Å²) in [5, 5.41) is 2.82. The molecule has 0 nitrogen and oxygen atoms in total. The smallest absolute Gasteiger partial charge is 0.0429 e. The van der Waals surface area contributed by atoms with Crippen molar-refractivity contribution in [3.05, 3.63) is 47.5 Å². The van der Waals surface area contributed by atoms with E-state index in [0.29, 0.717) is 4.83 Å². The van der Waals surface area contributed by atoms with E-state index >= 15 is 0 Å². The van der Waals surface area contributed by atoms with E-state index in [4.69, 9.17) is 0 Å². The van der Waals surface area contributed by atoms with Gasteiger partial charge in [0.05, 0.1) is 0 Å². The molecule has 18 heavy (non-hydrogen) atoms. The molecule has 1 atom stereocenters. The topological polar surface area (TPSA) is 0 Å². The third kappa shape index (κ3) is 2.09. The van der Waals surface area contributed by atoms with E-state index in [1.165, 1.54) is 47.6 Å². The van der Waals surface area contributed by atoms with Gasteiger partial charge in [0.25, 0.3) is 0 Å². The molecule has 0 aliphatic heterocycles. The normalized spacial score (nSPS) is 18.3. The molecule has 0 heterocycles. The average molecular weight is 303 g/mol. The molecule has 0 aromatic heterocycles. The fraction of sp³-hybridized carbons (Fsp3) is 0.412. The van der Waals surface area contributed by atoms with Crippen molar-refractivity contribution in [1.82, 2.24) is 0 Å². The molecule has 3 rings (SSSR count). The Morgan fingerprint density at radius 3 is 2.39 bits per heavy atom. The van der Waals surface area contributed by atoms with Gasteiger partial charge in [-0.1, -0.05) is 65.2 Å². The quantitative estimate of drug-likeness (QED) is 0.617. The molecule has 94 valence electrons. The molecular formula is C17H19Br. The predicted octanol–water partition coefficient (Wildman–Crippen LogP) is 5.77. The molecule has 0 amide bonds. The van der Waals surface area contributed by atoms with Crippen molar-refractivity contribution in [3.8, 4) is 0 Å². The number of fused-ring (bicyclic) bond motifs is 1. The van der Waals surface area contributed by atoms with Gasteiger partial charge in [0, 0.05) is 4.83 Å². The molecule has 1 aliphatic rings. The van der Waals surface area contributed by atoms with Gasteiger partial charge >= 0.3 is 0 Å². The Bertz CT molecular complexity index is 553. The van der Waals surface area contributed by atoms with E-state index in [0.717, 1.165) is 5.92 Å². The Kier molecular flexibility index (Phi) is 3.43. The van der Waals surface area contributed by atoms with Crippen LogP contribution in [0.5, 0.6) is 0 Å². The second kappa shape index (κ2) is 5.05. The van der Waals surface area contributed by atoms with E-state index in [1.54, 1.807) is 0 Å². The first-order valence-corrected chi connectivity index (χ1v) is 7.81. The third-order valence-electron chi connectivity index (χ3n) is 4.29. The second-order valence-electron chi connectivity index (χ2n) is 5.46. The highest BCUT2D eigenvalue weighted by Crippen LogP contribution is 2.43. The summed E-state index contributed by atoms with van der Waals surface area (Å²) in [6.45, 7) is 2.20. The van der Waals surface area contributed by atoms with Crippen molar-refractivity contribution in [3.63, 3.8) is 0 Å². The minimum Gasteiger partial charge on any atom is -0.0836 e. The Balaban J connectivity index is 2.08. The molecule has 2 aromatic carbocycles. The zero-order valence-electron chi connectivity index (χ0n) is 10.8. The number of alkyl halides is 1. The van der Waals surface area contributed by atoms with Crippen LogP contribution in [0, 0.1) is 12.8 Å². The van der Waals surface area contributed by atoms with Crippen LogP contribution in [0.15, 0.2) is 36.4 Å². The maximum Gasteiger partial charge on any atom is 0.0429 e. The maximum absolute atomic E-state index is 3.96. The zero-order chi connectivity index (χ0) is 12.5. The lowest BCUT2D eigenvalue weighted by atomic mass is 9.92. The standard InChI is InChI=1S/C17H19Br/c1-12-10-11-16(15-9-5-4-8-14(12)15)17(18)13-6-2-3-7-13/h4-5,8-11,13,17H,2-3,6-7H2,1H3. The summed E-state index contributed by atoms with van der Waals surface area (Å²) in [4.78, 5) is 0.519. The molecule has 0 radical (unpaired) electrons. The van der Waals surface area contributed by atoms with Crippen LogP contribution in [0.3, 0.4) is 0 Å². The summed E-state index contributed by atoms with van der Waals surface area (Å²) >= 11 is 3.96. The average Bonchev–Trinajstić information content (AvgIpc) is 2.93. The van der Waals surface area contributed by atoms with Gasteiger partial charge in [-0.2, -0.15) is 0 Å². The molecule has 1 fully saturated rings. The summed E-state index contributed by atoms with van der Waals surface area (Å²) < 4.78 is 0. The predicted molar refractivity (Wildman–Crippen MR) is 82.3 cm³/mol. The number of aryl methyl sites for hydroxylation is 1. The largest absolute Gasteiger partial charge is 0.0836 e. The van der Waals surface area contributed by atoms with Crippen LogP contribution < -0.4 is 0 Å². The third-order valence-corrected chi connectivity index (χ3v) is 5.53. The monoisotopic (exact) mass is 302 g/mol. The number of hydrogen-bond acceptors (Lipinski definition) is 0. The summed E-state index contributed by atoms with van der Waals surface area (Å²) in [6.07, 6.45) is 5.55. The van der Waals surface area contributed by atoms with Crippen LogP contribution in [-0.2, 0) is 0 Å². The fourth-order valence-corrected chi connectivity index (χ4v) is 4.15. The number of benzene rings is 2. The van der Waals surface area contributed by atoms with Crippen molar-refractivity contribution in [1.29, 1.82) is 0 Å². The molecule has 1 saturated carbocycles. The molecule has 0 bridgehead atoms. The van der Waals surface area contributed by atoms with Crippen molar-refractivity contribution < 1.29 is 0 Å². The van der Waals surface area contributed by atoms with Crippen LogP contribution in [0.25, 0.3) is 10.8 Å². The molecule has 2 aromatic rings. The highest BCUT2D eigenvalue weighted by atomic mass is 79.9. The summed E-state index contributed by atoms with van der Waals surface area (Å²) in [5.74, 6) is 0.816. The molecule has 1 unspecified atom stereocenters. The van der Waals surface area contributed by atoms with Gasteiger partial charge in [-0.05, 0) is 47.6 Å². The van der Waals surface area contributed by atoms with Gasteiger partial charge in [-0.25, -0.2) is 0 Å². The van der Waals surface area contributed by atoms with Gasteiger partial charge in [-0.3, -0.25) is 0 Å². The molecule has 0 saturated heterocycles. The second-order valence-corrected chi connectivity index (χ2v) is 6.45. The van der Waals surface area contributed by atoms with Gasteiger partial charge < -0.3 is 0 Å². The lowest BCUT2D eigenvalue weighted by Crippen LogP contribution is -2.03. The highest BCUT2D eigenvalue weighted by molar-refractivity contribution is 9.09. The summed E-state index contributed by atoms with van der Waals surface area (Å²) in [7, 11) is 0. The molecule has 1 aliphatic carbocycles. The zero-order valence-corrected chi connectivity index (χ0v) is 12.4. The molecular weight excluding hydrogens is 284 g/mol. The Morgan fingerprint density at radius 2 is 1.67 bits per heavy atom. The van der Waals surface area contributed by atoms with Crippen LogP contribution >= 0.6 is 15.9 Å². The van der Waals surface area contributed by atoms with Crippen LogP contribution in [0.4, 0.5) is 0 Å². The van der Waals surface area contributed by atoms with E-state index < -0.39 is 0 Å². The maximum atomic E-state index is 3.96. The first kappa shape index (κ1) is 12.2. The van der Waals surface area contributed by atoms with E-state index in [-0.39, 0.29) is 0 Å². The lowest BCUT2D eigenvalue weighted by Gasteiger charge is -2.20. The van der Waals surface area contributed by atoms with Crippen LogP contribution in [-0.4, -0.2) is 0 Å². The Hall–Kier alpha value is -0.820. The minimum absolute atomic E-state index is 0.519. The van der Waals surface area contributed by atoms with E-state index in [2.05, 4.69) is 59.3 Å². The number of halogens is 1. The fourth-order valence-electron chi connectivity index (χ4n) is 3.22.